The Labute approximate surface area is 208 Å². The van der Waals surface area contributed by atoms with Gasteiger partial charge in [-0.25, -0.2) is 9.97 Å². The monoisotopic (exact) mass is 432 g/mol. The molecule has 5 rings (SSSR count). The summed E-state index contributed by atoms with van der Waals surface area (Å²) in [5, 5.41) is 14.5. The Bertz CT molecular complexity index is 1320. The van der Waals surface area contributed by atoms with E-state index in [1.165, 1.54) is 5.56 Å². The second kappa shape index (κ2) is 9.73. The Balaban J connectivity index is 0.00000245. The maximum absolute atomic E-state index is 4.88. The van der Waals surface area contributed by atoms with Gasteiger partial charge in [0, 0.05) is 18.2 Å². The number of aryl methyl sites for hydroxylation is 2. The Morgan fingerprint density at radius 1 is 0.969 bits per heavy atom. The largest absolute Gasteiger partial charge is 1.00 e. The molecule has 0 atom stereocenters. The number of nitrogens with one attached hydrogen (secondary N) is 1. The molecule has 5 aromatic rings. The van der Waals surface area contributed by atoms with Gasteiger partial charge in [-0.1, -0.05) is 55.5 Å². The molecular formula is C24H23N7Na+. The molecule has 3 heterocycles. The van der Waals surface area contributed by atoms with Crippen LogP contribution in [-0.4, -0.2) is 35.2 Å². The van der Waals surface area contributed by atoms with Crippen molar-refractivity contribution in [3.63, 3.8) is 0 Å². The molecule has 0 aliphatic heterocycles. The van der Waals surface area contributed by atoms with Crippen LogP contribution < -0.4 is 29.6 Å². The van der Waals surface area contributed by atoms with Crippen molar-refractivity contribution in [1.82, 2.24) is 35.2 Å². The first kappa shape index (κ1) is 22.3. The van der Waals surface area contributed by atoms with Crippen LogP contribution in [0.2, 0.25) is 0 Å². The Morgan fingerprint density at radius 3 is 2.47 bits per heavy atom. The Morgan fingerprint density at radius 2 is 1.75 bits per heavy atom. The fourth-order valence-corrected chi connectivity index (χ4v) is 3.94. The average Bonchev–Trinajstić information content (AvgIpc) is 3.45. The van der Waals surface area contributed by atoms with E-state index in [1.807, 2.05) is 30.5 Å². The molecule has 2 aromatic carbocycles. The first-order chi connectivity index (χ1) is 15.2. The topological polar surface area (TPSA) is 85.2 Å². The molecule has 3 aromatic heterocycles. The quantitative estimate of drug-likeness (QED) is 0.412. The number of aromatic amines is 1. The van der Waals surface area contributed by atoms with E-state index in [1.54, 1.807) is 0 Å². The number of benzene rings is 2. The number of H-pyrrole nitrogens is 1. The zero-order valence-electron chi connectivity index (χ0n) is 18.6. The number of rotatable bonds is 6. The van der Waals surface area contributed by atoms with Crippen molar-refractivity contribution in [1.29, 1.82) is 0 Å². The molecule has 0 saturated carbocycles. The van der Waals surface area contributed by atoms with E-state index >= 15 is 0 Å². The zero-order chi connectivity index (χ0) is 21.2. The van der Waals surface area contributed by atoms with E-state index in [0.717, 1.165) is 58.6 Å². The number of aromatic nitrogens is 7. The number of tetrazole rings is 1. The summed E-state index contributed by atoms with van der Waals surface area (Å²) in [4.78, 5) is 9.51. The van der Waals surface area contributed by atoms with Crippen LogP contribution in [0.4, 0.5) is 0 Å². The van der Waals surface area contributed by atoms with Gasteiger partial charge in [0.25, 0.3) is 0 Å². The standard InChI is InChI=1S/C24H23N7.Na/c1-3-6-21-26-22-16(2)13-14-25-24(22)31(21)15-17-9-11-18(12-10-17)19-7-4-5-8-20(19)23-27-29-30-28-23;/h4-5,7-14H,3,6,15H2,1-2H3,(H,27,28,29,30);/q;+1. The third kappa shape index (κ3) is 4.24. The summed E-state index contributed by atoms with van der Waals surface area (Å²) in [6.45, 7) is 5.02. The number of fused-ring (bicyclic) bond motifs is 1. The average molecular weight is 432 g/mol. The first-order valence-corrected chi connectivity index (χ1v) is 10.5. The van der Waals surface area contributed by atoms with E-state index < -0.39 is 0 Å². The summed E-state index contributed by atoms with van der Waals surface area (Å²) in [6.07, 6.45) is 3.85. The van der Waals surface area contributed by atoms with Crippen molar-refractivity contribution < 1.29 is 29.6 Å². The van der Waals surface area contributed by atoms with Crippen molar-refractivity contribution >= 4 is 11.2 Å². The summed E-state index contributed by atoms with van der Waals surface area (Å²) < 4.78 is 2.24. The molecular weight excluding hydrogens is 409 g/mol. The van der Waals surface area contributed by atoms with Crippen molar-refractivity contribution in [2.24, 2.45) is 0 Å². The van der Waals surface area contributed by atoms with Gasteiger partial charge in [-0.3, -0.25) is 0 Å². The van der Waals surface area contributed by atoms with Crippen molar-refractivity contribution in [3.8, 4) is 22.5 Å². The summed E-state index contributed by atoms with van der Waals surface area (Å²) >= 11 is 0. The van der Waals surface area contributed by atoms with E-state index in [9.17, 15) is 0 Å². The normalized spacial score (nSPS) is 10.9. The van der Waals surface area contributed by atoms with E-state index in [2.05, 4.69) is 74.4 Å². The van der Waals surface area contributed by atoms with Crippen LogP contribution in [0.25, 0.3) is 33.7 Å². The Hall–Kier alpha value is -2.87. The summed E-state index contributed by atoms with van der Waals surface area (Å²) in [5.41, 5.74) is 7.46. The minimum atomic E-state index is 0. The van der Waals surface area contributed by atoms with Gasteiger partial charge < -0.3 is 4.57 Å². The zero-order valence-corrected chi connectivity index (χ0v) is 20.6. The number of imidazole rings is 1. The number of hydrogen-bond donors (Lipinski definition) is 1. The van der Waals surface area contributed by atoms with Crippen LogP contribution in [0.3, 0.4) is 0 Å². The van der Waals surface area contributed by atoms with Crippen LogP contribution in [0.1, 0.15) is 30.3 Å². The van der Waals surface area contributed by atoms with Crippen molar-refractivity contribution in [3.05, 3.63) is 77.7 Å². The third-order valence-electron chi connectivity index (χ3n) is 5.51. The van der Waals surface area contributed by atoms with Gasteiger partial charge in [0.1, 0.15) is 11.3 Å². The molecule has 0 amide bonds. The molecule has 0 aliphatic carbocycles. The second-order valence-electron chi connectivity index (χ2n) is 7.64. The van der Waals surface area contributed by atoms with Crippen molar-refractivity contribution in [2.45, 2.75) is 33.2 Å². The smallest absolute Gasteiger partial charge is 0.308 e. The summed E-state index contributed by atoms with van der Waals surface area (Å²) in [5.74, 6) is 1.68. The van der Waals surface area contributed by atoms with Crippen LogP contribution >= 0.6 is 0 Å². The predicted molar refractivity (Wildman–Crippen MR) is 120 cm³/mol. The van der Waals surface area contributed by atoms with E-state index in [0.29, 0.717) is 5.82 Å². The maximum Gasteiger partial charge on any atom is 1.00 e. The van der Waals surface area contributed by atoms with Crippen LogP contribution in [0, 0.1) is 6.92 Å². The van der Waals surface area contributed by atoms with Gasteiger partial charge in [0.2, 0.25) is 5.82 Å². The van der Waals surface area contributed by atoms with Gasteiger partial charge in [0.15, 0.2) is 5.65 Å². The second-order valence-corrected chi connectivity index (χ2v) is 7.64. The van der Waals surface area contributed by atoms with Crippen LogP contribution in [-0.2, 0) is 13.0 Å². The molecule has 0 aliphatic rings. The minimum absolute atomic E-state index is 0. The molecule has 0 bridgehead atoms. The Kier molecular flexibility index (Phi) is 6.79. The van der Waals surface area contributed by atoms with Gasteiger partial charge in [-0.2, -0.15) is 5.21 Å². The number of nitrogens with zero attached hydrogens (tertiary/aromatic N) is 6. The van der Waals surface area contributed by atoms with E-state index in [-0.39, 0.29) is 29.6 Å². The molecule has 32 heavy (non-hydrogen) atoms. The van der Waals surface area contributed by atoms with Crippen LogP contribution in [0.5, 0.6) is 0 Å². The SMILES string of the molecule is CCCc1nc2c(C)ccnc2n1Cc1ccc(-c2ccccc2-c2nn[nH]n2)cc1.[Na+]. The molecule has 8 heteroatoms. The maximum atomic E-state index is 4.88. The summed E-state index contributed by atoms with van der Waals surface area (Å²) in [7, 11) is 0. The van der Waals surface area contributed by atoms with Gasteiger partial charge >= 0.3 is 29.6 Å². The molecule has 0 spiro atoms. The summed E-state index contributed by atoms with van der Waals surface area (Å²) in [6, 6.07) is 18.7. The van der Waals surface area contributed by atoms with Gasteiger partial charge in [0.05, 0.1) is 6.54 Å². The fourth-order valence-electron chi connectivity index (χ4n) is 3.94. The molecule has 0 saturated heterocycles. The third-order valence-corrected chi connectivity index (χ3v) is 5.51. The minimum Gasteiger partial charge on any atom is -0.308 e. The van der Waals surface area contributed by atoms with Crippen molar-refractivity contribution in [2.75, 3.05) is 0 Å². The molecule has 154 valence electrons. The number of hydrogen-bond acceptors (Lipinski definition) is 5. The van der Waals surface area contributed by atoms with Crippen LogP contribution in [0.15, 0.2) is 60.8 Å². The van der Waals surface area contributed by atoms with E-state index in [4.69, 9.17) is 4.98 Å². The molecule has 1 N–H and O–H groups in total. The number of pyridine rings is 1. The molecule has 0 radical (unpaired) electrons. The first-order valence-electron chi connectivity index (χ1n) is 10.5. The van der Waals surface area contributed by atoms with Gasteiger partial charge in [-0.15, -0.1) is 10.2 Å². The van der Waals surface area contributed by atoms with Gasteiger partial charge in [-0.05, 0) is 46.9 Å². The predicted octanol–water partition coefficient (Wildman–Crippen LogP) is 1.59. The fraction of sp³-hybridized carbons (Fsp3) is 0.208. The molecule has 0 fully saturated rings. The molecule has 0 unspecified atom stereocenters. The molecule has 7 nitrogen and oxygen atoms in total.